The average Bonchev–Trinajstić information content (AvgIpc) is 2.91. The number of halogens is 2. The fourth-order valence-electron chi connectivity index (χ4n) is 4.89. The molecule has 5 rings (SSSR count). The van der Waals surface area contributed by atoms with E-state index in [9.17, 15) is 19.7 Å². The lowest BCUT2D eigenvalue weighted by atomic mass is 10.1. The number of pyridine rings is 1. The number of carbonyl (C=O) groups excluding carboxylic acids is 1. The Morgan fingerprint density at radius 1 is 0.947 bits per heavy atom. The van der Waals surface area contributed by atoms with E-state index in [1.165, 1.54) is 10.6 Å². The van der Waals surface area contributed by atoms with Gasteiger partial charge in [0.25, 0.3) is 5.91 Å². The molecule has 0 bridgehead atoms. The lowest BCUT2D eigenvalue weighted by Crippen LogP contribution is -2.49. The van der Waals surface area contributed by atoms with E-state index in [1.54, 1.807) is 17.0 Å². The van der Waals surface area contributed by atoms with E-state index >= 15 is 0 Å². The molecule has 10 heteroatoms. The van der Waals surface area contributed by atoms with Gasteiger partial charge in [-0.3, -0.25) is 24.3 Å². The molecule has 0 aliphatic carbocycles. The highest BCUT2D eigenvalue weighted by molar-refractivity contribution is 6.42. The van der Waals surface area contributed by atoms with Crippen LogP contribution in [0.3, 0.4) is 0 Å². The second kappa shape index (κ2) is 10.5. The molecule has 0 radical (unpaired) electrons. The Bertz CT molecular complexity index is 1610. The van der Waals surface area contributed by atoms with Gasteiger partial charge in [0.15, 0.2) is 0 Å². The van der Waals surface area contributed by atoms with Crippen molar-refractivity contribution in [2.75, 3.05) is 31.1 Å². The zero-order valence-electron chi connectivity index (χ0n) is 20.6. The number of nitro groups is 1. The number of amides is 1. The highest BCUT2D eigenvalue weighted by Crippen LogP contribution is 2.35. The number of aromatic nitrogens is 1. The van der Waals surface area contributed by atoms with Crippen molar-refractivity contribution >= 4 is 51.4 Å². The second-order valence-electron chi connectivity index (χ2n) is 9.26. The first-order valence-electron chi connectivity index (χ1n) is 12.1. The van der Waals surface area contributed by atoms with E-state index < -0.39 is 16.2 Å². The van der Waals surface area contributed by atoms with Gasteiger partial charge in [0, 0.05) is 37.1 Å². The Kier molecular flexibility index (Phi) is 7.10. The topological polar surface area (TPSA) is 88.7 Å². The minimum Gasteiger partial charge on any atom is -0.362 e. The lowest BCUT2D eigenvalue weighted by molar-refractivity contribution is -0.385. The normalized spacial score (nSPS) is 13.7. The van der Waals surface area contributed by atoms with Gasteiger partial charge in [-0.15, -0.1) is 0 Å². The maximum absolute atomic E-state index is 13.6. The van der Waals surface area contributed by atoms with Gasteiger partial charge < -0.3 is 9.80 Å². The number of anilines is 1. The molecule has 1 aromatic heterocycles. The number of benzene rings is 3. The van der Waals surface area contributed by atoms with Crippen LogP contribution in [0.2, 0.25) is 10.0 Å². The summed E-state index contributed by atoms with van der Waals surface area (Å²) in [4.78, 5) is 41.9. The van der Waals surface area contributed by atoms with Gasteiger partial charge in [0.1, 0.15) is 5.69 Å². The third-order valence-corrected chi connectivity index (χ3v) is 7.52. The van der Waals surface area contributed by atoms with Gasteiger partial charge in [-0.2, -0.15) is 0 Å². The van der Waals surface area contributed by atoms with Crippen LogP contribution >= 0.6 is 23.2 Å². The van der Waals surface area contributed by atoms with Crippen molar-refractivity contribution in [3.63, 3.8) is 0 Å². The monoisotopic (exact) mass is 550 g/mol. The molecule has 38 heavy (non-hydrogen) atoms. The summed E-state index contributed by atoms with van der Waals surface area (Å²) in [6.45, 7) is 3.45. The number of nitrogens with zero attached hydrogens (tertiary/aromatic N) is 4. The molecular formula is C28H24Cl2N4O4. The van der Waals surface area contributed by atoms with Crippen LogP contribution in [-0.2, 0) is 6.54 Å². The Hall–Kier alpha value is -3.88. The summed E-state index contributed by atoms with van der Waals surface area (Å²) >= 11 is 12.1. The van der Waals surface area contributed by atoms with Crippen LogP contribution in [0.5, 0.6) is 0 Å². The number of piperazine rings is 1. The zero-order chi connectivity index (χ0) is 27.0. The van der Waals surface area contributed by atoms with Gasteiger partial charge in [0.2, 0.25) is 0 Å². The smallest absolute Gasteiger partial charge is 0.357 e. The lowest BCUT2D eigenvalue weighted by Gasteiger charge is -2.36. The maximum atomic E-state index is 13.6. The van der Waals surface area contributed by atoms with Crippen molar-refractivity contribution in [1.29, 1.82) is 0 Å². The van der Waals surface area contributed by atoms with Crippen LogP contribution in [0.1, 0.15) is 21.5 Å². The van der Waals surface area contributed by atoms with Crippen molar-refractivity contribution in [1.82, 2.24) is 9.47 Å². The Balaban J connectivity index is 1.53. The van der Waals surface area contributed by atoms with Gasteiger partial charge in [0.05, 0.1) is 27.0 Å². The number of carbonyl (C=O) groups is 1. The Morgan fingerprint density at radius 2 is 1.66 bits per heavy atom. The van der Waals surface area contributed by atoms with E-state index in [4.69, 9.17) is 23.2 Å². The molecule has 0 spiro atoms. The highest BCUT2D eigenvalue weighted by atomic mass is 35.5. The Morgan fingerprint density at radius 3 is 2.32 bits per heavy atom. The SMILES string of the molecule is Cc1ccc2c(c1)c(N1CCN(C(=O)c3ccc(Cl)c(Cl)c3)CC1)c([N+](=O)[O-])c(=O)n2Cc1ccccc1. The molecule has 0 unspecified atom stereocenters. The van der Waals surface area contributed by atoms with Crippen LogP contribution in [0.15, 0.2) is 71.5 Å². The highest BCUT2D eigenvalue weighted by Gasteiger charge is 2.32. The number of hydrogen-bond donors (Lipinski definition) is 0. The number of rotatable bonds is 5. The molecule has 194 valence electrons. The van der Waals surface area contributed by atoms with Crippen molar-refractivity contribution in [3.8, 4) is 0 Å². The minimum absolute atomic E-state index is 0.198. The summed E-state index contributed by atoms with van der Waals surface area (Å²) in [6, 6.07) is 19.7. The molecule has 3 aromatic carbocycles. The quantitative estimate of drug-likeness (QED) is 0.240. The maximum Gasteiger partial charge on any atom is 0.357 e. The predicted molar refractivity (Wildman–Crippen MR) is 150 cm³/mol. The first-order chi connectivity index (χ1) is 18.2. The van der Waals surface area contributed by atoms with E-state index in [0.29, 0.717) is 58.4 Å². The molecule has 1 fully saturated rings. The summed E-state index contributed by atoms with van der Waals surface area (Å²) in [5, 5.41) is 13.6. The summed E-state index contributed by atoms with van der Waals surface area (Å²) < 4.78 is 1.47. The van der Waals surface area contributed by atoms with Gasteiger partial charge in [-0.25, -0.2) is 0 Å². The summed E-state index contributed by atoms with van der Waals surface area (Å²) in [7, 11) is 0. The zero-order valence-corrected chi connectivity index (χ0v) is 22.1. The molecule has 1 saturated heterocycles. The molecule has 0 atom stereocenters. The van der Waals surface area contributed by atoms with Crippen LogP contribution in [0.4, 0.5) is 11.4 Å². The first-order valence-corrected chi connectivity index (χ1v) is 12.8. The van der Waals surface area contributed by atoms with Crippen molar-refractivity contribution in [2.24, 2.45) is 0 Å². The molecule has 1 aliphatic rings. The number of hydrogen-bond acceptors (Lipinski definition) is 5. The van der Waals surface area contributed by atoms with Gasteiger partial charge in [-0.05, 0) is 42.8 Å². The summed E-state index contributed by atoms with van der Waals surface area (Å²) in [5.74, 6) is -0.198. The van der Waals surface area contributed by atoms with Crippen molar-refractivity contribution in [3.05, 3.63) is 114 Å². The van der Waals surface area contributed by atoms with Gasteiger partial charge in [-0.1, -0.05) is 65.2 Å². The molecular weight excluding hydrogens is 527 g/mol. The molecule has 0 N–H and O–H groups in total. The van der Waals surface area contributed by atoms with E-state index in [1.807, 2.05) is 60.4 Å². The van der Waals surface area contributed by atoms with Crippen LogP contribution < -0.4 is 10.5 Å². The molecule has 2 heterocycles. The standard InChI is InChI=1S/C28H24Cl2N4O4/c1-18-7-10-24-21(15-18)25(26(34(37)38)28(36)33(24)17-19-5-3-2-4-6-19)31-11-13-32(14-12-31)27(35)20-8-9-22(29)23(30)16-20/h2-10,15-16H,11-14,17H2,1H3. The third-order valence-electron chi connectivity index (χ3n) is 6.79. The van der Waals surface area contributed by atoms with Gasteiger partial charge >= 0.3 is 11.2 Å². The third kappa shape index (κ3) is 4.85. The van der Waals surface area contributed by atoms with Crippen molar-refractivity contribution in [2.45, 2.75) is 13.5 Å². The summed E-state index contributed by atoms with van der Waals surface area (Å²) in [6.07, 6.45) is 0. The molecule has 4 aromatic rings. The first kappa shape index (κ1) is 25.8. The van der Waals surface area contributed by atoms with Crippen LogP contribution in [0, 0.1) is 17.0 Å². The fourth-order valence-corrected chi connectivity index (χ4v) is 5.19. The van der Waals surface area contributed by atoms with E-state index in [0.717, 1.165) is 11.1 Å². The molecule has 1 amide bonds. The largest absolute Gasteiger partial charge is 0.362 e. The molecule has 1 aliphatic heterocycles. The number of aryl methyl sites for hydroxylation is 1. The van der Waals surface area contributed by atoms with E-state index in [-0.39, 0.29) is 12.5 Å². The predicted octanol–water partition coefficient (Wildman–Crippen LogP) is 5.54. The van der Waals surface area contributed by atoms with Crippen molar-refractivity contribution < 1.29 is 9.72 Å². The second-order valence-corrected chi connectivity index (χ2v) is 10.1. The fraction of sp³-hybridized carbons (Fsp3) is 0.214. The van der Waals surface area contributed by atoms with Crippen LogP contribution in [0.25, 0.3) is 10.9 Å². The molecule has 0 saturated carbocycles. The summed E-state index contributed by atoms with van der Waals surface area (Å²) in [5.41, 5.74) is 2.02. The Labute approximate surface area is 228 Å². The van der Waals surface area contributed by atoms with Crippen LogP contribution in [-0.4, -0.2) is 46.5 Å². The minimum atomic E-state index is -0.653. The average molecular weight is 551 g/mol. The molecule has 8 nitrogen and oxygen atoms in total. The number of fused-ring (bicyclic) bond motifs is 1. The van der Waals surface area contributed by atoms with E-state index in [2.05, 4.69) is 0 Å².